The minimum Gasteiger partial charge on any atom is -0.245 e. The molecule has 0 amide bonds. The molecule has 0 atom stereocenters. The van der Waals surface area contributed by atoms with Crippen molar-refractivity contribution >= 4 is 26.7 Å². The summed E-state index contributed by atoms with van der Waals surface area (Å²) in [5.74, 6) is 0.456. The lowest BCUT2D eigenvalue weighted by Crippen LogP contribution is -1.94. The van der Waals surface area contributed by atoms with Crippen LogP contribution in [0.3, 0.4) is 0 Å². The van der Waals surface area contributed by atoms with E-state index in [0.717, 1.165) is 10.3 Å². The van der Waals surface area contributed by atoms with E-state index in [-0.39, 0.29) is 0 Å². The second kappa shape index (κ2) is 3.70. The average molecular weight is 250 g/mol. The number of rotatable bonds is 1. The van der Waals surface area contributed by atoms with Crippen molar-refractivity contribution in [2.45, 2.75) is 19.8 Å². The monoisotopic (exact) mass is 249 g/mol. The molecule has 0 N–H and O–H groups in total. The number of fused-ring (bicyclic) bond motifs is 1. The van der Waals surface area contributed by atoms with Crippen LogP contribution in [0, 0.1) is 0 Å². The van der Waals surface area contributed by atoms with Gasteiger partial charge in [-0.05, 0) is 33.3 Å². The maximum atomic E-state index is 4.52. The third-order valence-electron chi connectivity index (χ3n) is 2.29. The number of aromatic nitrogens is 1. The molecule has 0 aliphatic heterocycles. The van der Waals surface area contributed by atoms with E-state index in [1.165, 1.54) is 10.8 Å². The third-order valence-corrected chi connectivity index (χ3v) is 2.69. The number of nitrogens with zero attached hydrogens (tertiary/aromatic N) is 1. The second-order valence-corrected chi connectivity index (χ2v) is 4.52. The quantitative estimate of drug-likeness (QED) is 0.693. The summed E-state index contributed by atoms with van der Waals surface area (Å²) < 4.78 is 0.917. The van der Waals surface area contributed by atoms with Gasteiger partial charge in [0, 0.05) is 5.39 Å². The zero-order valence-electron chi connectivity index (χ0n) is 8.29. The van der Waals surface area contributed by atoms with Gasteiger partial charge in [-0.1, -0.05) is 38.1 Å². The normalized spacial score (nSPS) is 11.1. The first-order valence-electron chi connectivity index (χ1n) is 4.73. The molecular weight excluding hydrogens is 238 g/mol. The van der Waals surface area contributed by atoms with Crippen LogP contribution in [0.25, 0.3) is 10.8 Å². The lowest BCUT2D eigenvalue weighted by molar-refractivity contribution is 0.830. The molecule has 0 unspecified atom stereocenters. The molecule has 1 nitrogen and oxygen atoms in total. The van der Waals surface area contributed by atoms with Crippen molar-refractivity contribution in [2.24, 2.45) is 0 Å². The molecule has 0 aliphatic rings. The molecule has 1 heterocycles. The lowest BCUT2D eigenvalue weighted by Gasteiger charge is -2.09. The standard InChI is InChI=1S/C12H12BrN/c1-8(2)12-10-6-4-3-5-9(10)7-11(13)14-12/h3-8H,1-2H3. The molecule has 2 heteroatoms. The summed E-state index contributed by atoms with van der Waals surface area (Å²) in [5.41, 5.74) is 1.16. The first-order valence-corrected chi connectivity index (χ1v) is 5.53. The summed E-state index contributed by atoms with van der Waals surface area (Å²) in [6.07, 6.45) is 0. The van der Waals surface area contributed by atoms with Gasteiger partial charge in [-0.15, -0.1) is 0 Å². The Morgan fingerprint density at radius 2 is 1.93 bits per heavy atom. The number of halogens is 1. The van der Waals surface area contributed by atoms with Gasteiger partial charge in [0.1, 0.15) is 4.60 Å². The Kier molecular flexibility index (Phi) is 2.55. The molecule has 0 radical (unpaired) electrons. The van der Waals surface area contributed by atoms with Crippen molar-refractivity contribution in [3.63, 3.8) is 0 Å². The van der Waals surface area contributed by atoms with Crippen molar-refractivity contribution in [3.8, 4) is 0 Å². The first kappa shape index (κ1) is 9.66. The molecule has 0 aliphatic carbocycles. The Balaban J connectivity index is 2.80. The van der Waals surface area contributed by atoms with E-state index >= 15 is 0 Å². The molecule has 0 saturated heterocycles. The van der Waals surface area contributed by atoms with E-state index in [1.807, 2.05) is 0 Å². The number of hydrogen-bond acceptors (Lipinski definition) is 1. The van der Waals surface area contributed by atoms with Crippen LogP contribution in [0.4, 0.5) is 0 Å². The lowest BCUT2D eigenvalue weighted by atomic mass is 10.0. The highest BCUT2D eigenvalue weighted by Gasteiger charge is 2.07. The van der Waals surface area contributed by atoms with Gasteiger partial charge in [0.2, 0.25) is 0 Å². The molecule has 72 valence electrons. The zero-order valence-corrected chi connectivity index (χ0v) is 9.88. The zero-order chi connectivity index (χ0) is 10.1. The first-order chi connectivity index (χ1) is 6.68. The summed E-state index contributed by atoms with van der Waals surface area (Å²) >= 11 is 3.44. The van der Waals surface area contributed by atoms with Gasteiger partial charge in [-0.25, -0.2) is 4.98 Å². The van der Waals surface area contributed by atoms with Gasteiger partial charge in [-0.3, -0.25) is 0 Å². The smallest absolute Gasteiger partial charge is 0.107 e. The minimum atomic E-state index is 0.456. The SMILES string of the molecule is CC(C)c1nc(Br)cc2ccccc12. The Bertz CT molecular complexity index is 463. The molecule has 14 heavy (non-hydrogen) atoms. The van der Waals surface area contributed by atoms with Crippen LogP contribution >= 0.6 is 15.9 Å². The van der Waals surface area contributed by atoms with Gasteiger partial charge in [0.05, 0.1) is 5.69 Å². The van der Waals surface area contributed by atoms with Crippen LogP contribution in [0.1, 0.15) is 25.5 Å². The van der Waals surface area contributed by atoms with Crippen LogP contribution in [0.5, 0.6) is 0 Å². The van der Waals surface area contributed by atoms with E-state index in [0.29, 0.717) is 5.92 Å². The summed E-state index contributed by atoms with van der Waals surface area (Å²) in [7, 11) is 0. The molecule has 0 bridgehead atoms. The molecule has 0 spiro atoms. The number of benzene rings is 1. The topological polar surface area (TPSA) is 12.9 Å². The molecule has 2 aromatic rings. The predicted octanol–water partition coefficient (Wildman–Crippen LogP) is 4.12. The second-order valence-electron chi connectivity index (χ2n) is 3.71. The van der Waals surface area contributed by atoms with E-state index in [1.54, 1.807) is 0 Å². The highest BCUT2D eigenvalue weighted by molar-refractivity contribution is 9.10. The molecule has 1 aromatic carbocycles. The van der Waals surface area contributed by atoms with Gasteiger partial charge in [-0.2, -0.15) is 0 Å². The van der Waals surface area contributed by atoms with Crippen LogP contribution in [-0.4, -0.2) is 4.98 Å². The van der Waals surface area contributed by atoms with Crippen LogP contribution in [-0.2, 0) is 0 Å². The summed E-state index contributed by atoms with van der Waals surface area (Å²) in [6, 6.07) is 10.4. The van der Waals surface area contributed by atoms with E-state index in [4.69, 9.17) is 0 Å². The van der Waals surface area contributed by atoms with Crippen LogP contribution in [0.15, 0.2) is 34.9 Å². The van der Waals surface area contributed by atoms with E-state index in [9.17, 15) is 0 Å². The highest BCUT2D eigenvalue weighted by atomic mass is 79.9. The summed E-state index contributed by atoms with van der Waals surface area (Å²) in [6.45, 7) is 4.34. The van der Waals surface area contributed by atoms with Gasteiger partial charge >= 0.3 is 0 Å². The maximum Gasteiger partial charge on any atom is 0.107 e. The fourth-order valence-electron chi connectivity index (χ4n) is 1.63. The minimum absolute atomic E-state index is 0.456. The van der Waals surface area contributed by atoms with Crippen molar-refractivity contribution in [2.75, 3.05) is 0 Å². The van der Waals surface area contributed by atoms with Crippen LogP contribution in [0.2, 0.25) is 0 Å². The fourth-order valence-corrected chi connectivity index (χ4v) is 2.07. The fraction of sp³-hybridized carbons (Fsp3) is 0.250. The van der Waals surface area contributed by atoms with Crippen molar-refractivity contribution in [3.05, 3.63) is 40.6 Å². The number of hydrogen-bond donors (Lipinski definition) is 0. The highest BCUT2D eigenvalue weighted by Crippen LogP contribution is 2.25. The van der Waals surface area contributed by atoms with Crippen LogP contribution < -0.4 is 0 Å². The van der Waals surface area contributed by atoms with E-state index in [2.05, 4.69) is 65.1 Å². The third kappa shape index (κ3) is 1.67. The Morgan fingerprint density at radius 3 is 2.64 bits per heavy atom. The Labute approximate surface area is 92.3 Å². The van der Waals surface area contributed by atoms with Gasteiger partial charge in [0.15, 0.2) is 0 Å². The molecular formula is C12H12BrN. The molecule has 1 aromatic heterocycles. The maximum absolute atomic E-state index is 4.52. The van der Waals surface area contributed by atoms with E-state index < -0.39 is 0 Å². The van der Waals surface area contributed by atoms with Crippen molar-refractivity contribution in [1.29, 1.82) is 0 Å². The van der Waals surface area contributed by atoms with Crippen molar-refractivity contribution < 1.29 is 0 Å². The number of pyridine rings is 1. The molecule has 2 rings (SSSR count). The van der Waals surface area contributed by atoms with Gasteiger partial charge < -0.3 is 0 Å². The largest absolute Gasteiger partial charge is 0.245 e. The Hall–Kier alpha value is -0.890. The summed E-state index contributed by atoms with van der Waals surface area (Å²) in [5, 5.41) is 2.50. The Morgan fingerprint density at radius 1 is 1.21 bits per heavy atom. The van der Waals surface area contributed by atoms with Crippen molar-refractivity contribution in [1.82, 2.24) is 4.98 Å². The predicted molar refractivity (Wildman–Crippen MR) is 63.5 cm³/mol. The molecule has 0 fully saturated rings. The van der Waals surface area contributed by atoms with Gasteiger partial charge in [0.25, 0.3) is 0 Å². The molecule has 0 saturated carbocycles. The summed E-state index contributed by atoms with van der Waals surface area (Å²) in [4.78, 5) is 4.52. The average Bonchev–Trinajstić information content (AvgIpc) is 2.16.